The van der Waals surface area contributed by atoms with Crippen LogP contribution in [0, 0.1) is 0 Å². The highest BCUT2D eigenvalue weighted by molar-refractivity contribution is 5.82. The van der Waals surface area contributed by atoms with Crippen LogP contribution in [0.15, 0.2) is 0 Å². The first-order chi connectivity index (χ1) is 7.47. The Labute approximate surface area is 101 Å². The maximum absolute atomic E-state index is 11.5. The molecule has 0 saturated heterocycles. The second-order valence-corrected chi connectivity index (χ2v) is 5.26. The smallest absolute Gasteiger partial charge is 0.408 e. The Morgan fingerprint density at radius 1 is 1.18 bits per heavy atom. The fourth-order valence-corrected chi connectivity index (χ4v) is 1.07. The van der Waals surface area contributed by atoms with Crippen molar-refractivity contribution in [2.45, 2.75) is 51.9 Å². The van der Waals surface area contributed by atoms with Crippen LogP contribution in [-0.2, 0) is 14.3 Å². The second-order valence-electron chi connectivity index (χ2n) is 5.26. The van der Waals surface area contributed by atoms with E-state index in [2.05, 4.69) is 10.1 Å². The van der Waals surface area contributed by atoms with Gasteiger partial charge in [-0.2, -0.15) is 0 Å². The fourth-order valence-electron chi connectivity index (χ4n) is 1.07. The van der Waals surface area contributed by atoms with Crippen LogP contribution in [0.25, 0.3) is 0 Å². The van der Waals surface area contributed by atoms with Crippen molar-refractivity contribution in [3.05, 3.63) is 0 Å². The first-order valence-electron chi connectivity index (χ1n) is 5.27. The van der Waals surface area contributed by atoms with Gasteiger partial charge in [0.1, 0.15) is 5.60 Å². The molecule has 1 unspecified atom stereocenters. The number of amides is 1. The summed E-state index contributed by atoms with van der Waals surface area (Å²) in [4.78, 5) is 22.9. The quantitative estimate of drug-likeness (QED) is 0.721. The van der Waals surface area contributed by atoms with Crippen molar-refractivity contribution >= 4 is 12.1 Å². The molecule has 1 atom stereocenters. The zero-order valence-electron chi connectivity index (χ0n) is 11.2. The molecule has 6 nitrogen and oxygen atoms in total. The molecule has 100 valence electrons. The first-order valence-corrected chi connectivity index (χ1v) is 5.27. The van der Waals surface area contributed by atoms with Gasteiger partial charge in [0.05, 0.1) is 12.7 Å². The summed E-state index contributed by atoms with van der Waals surface area (Å²) in [7, 11) is 1.18. The number of rotatable bonds is 3. The first kappa shape index (κ1) is 15.7. The van der Waals surface area contributed by atoms with Gasteiger partial charge in [-0.15, -0.1) is 0 Å². The van der Waals surface area contributed by atoms with E-state index >= 15 is 0 Å². The molecular weight excluding hydrogens is 226 g/mol. The van der Waals surface area contributed by atoms with E-state index in [0.717, 1.165) is 0 Å². The minimum absolute atomic E-state index is 0.676. The lowest BCUT2D eigenvalue weighted by Crippen LogP contribution is -2.55. The molecule has 0 aliphatic heterocycles. The van der Waals surface area contributed by atoms with Gasteiger partial charge in [-0.05, 0) is 34.6 Å². The van der Waals surface area contributed by atoms with Gasteiger partial charge in [-0.3, -0.25) is 0 Å². The summed E-state index contributed by atoms with van der Waals surface area (Å²) in [6.45, 7) is 7.88. The third-order valence-corrected chi connectivity index (χ3v) is 1.80. The molecule has 0 heterocycles. The molecule has 0 aliphatic rings. The molecule has 17 heavy (non-hydrogen) atoms. The molecule has 1 amide bonds. The van der Waals surface area contributed by atoms with Crippen LogP contribution in [0.3, 0.4) is 0 Å². The van der Waals surface area contributed by atoms with E-state index in [0.29, 0.717) is 0 Å². The van der Waals surface area contributed by atoms with Crippen LogP contribution in [-0.4, -0.2) is 41.5 Å². The zero-order chi connectivity index (χ0) is 13.9. The molecule has 0 aromatic carbocycles. The summed E-state index contributed by atoms with van der Waals surface area (Å²) in [5.41, 5.74) is -2.12. The zero-order valence-corrected chi connectivity index (χ0v) is 11.2. The molecule has 0 bridgehead atoms. The SMILES string of the molecule is COC(=O)C(NC(=O)OC(C)(C)C)C(C)(C)O. The van der Waals surface area contributed by atoms with E-state index in [4.69, 9.17) is 4.74 Å². The molecule has 0 rings (SSSR count). The summed E-state index contributed by atoms with van der Waals surface area (Å²) in [5.74, 6) is -0.733. The number of hydrogen-bond donors (Lipinski definition) is 2. The van der Waals surface area contributed by atoms with Crippen LogP contribution in [0.2, 0.25) is 0 Å². The normalized spacial score (nSPS) is 13.8. The maximum atomic E-state index is 11.5. The van der Waals surface area contributed by atoms with Gasteiger partial charge in [0.2, 0.25) is 0 Å². The molecule has 2 N–H and O–H groups in total. The third kappa shape index (κ3) is 6.11. The van der Waals surface area contributed by atoms with Gasteiger partial charge in [0, 0.05) is 0 Å². The second kappa shape index (κ2) is 5.35. The highest BCUT2D eigenvalue weighted by Gasteiger charge is 2.36. The van der Waals surface area contributed by atoms with Gasteiger partial charge < -0.3 is 19.9 Å². The van der Waals surface area contributed by atoms with Crippen molar-refractivity contribution in [2.75, 3.05) is 7.11 Å². The van der Waals surface area contributed by atoms with E-state index < -0.39 is 29.3 Å². The number of esters is 1. The van der Waals surface area contributed by atoms with Gasteiger partial charge in [0.15, 0.2) is 6.04 Å². The van der Waals surface area contributed by atoms with Crippen molar-refractivity contribution in [3.8, 4) is 0 Å². The Kier molecular flexibility index (Phi) is 4.94. The molecular formula is C11H21NO5. The Balaban J connectivity index is 4.67. The van der Waals surface area contributed by atoms with E-state index in [-0.39, 0.29) is 0 Å². The molecule has 0 aliphatic carbocycles. The Morgan fingerprint density at radius 3 is 1.94 bits per heavy atom. The third-order valence-electron chi connectivity index (χ3n) is 1.80. The van der Waals surface area contributed by atoms with Crippen molar-refractivity contribution in [2.24, 2.45) is 0 Å². The highest BCUT2D eigenvalue weighted by atomic mass is 16.6. The summed E-state index contributed by atoms with van der Waals surface area (Å²) in [6, 6.07) is -1.18. The molecule has 0 aromatic heterocycles. The Bertz CT molecular complexity index is 287. The van der Waals surface area contributed by atoms with Crippen molar-refractivity contribution in [1.82, 2.24) is 5.32 Å². The standard InChI is InChI=1S/C11H21NO5/c1-10(2,3)17-9(14)12-7(8(13)16-6)11(4,5)15/h7,15H,1-6H3,(H,12,14). The average Bonchev–Trinajstić information content (AvgIpc) is 2.08. The van der Waals surface area contributed by atoms with Gasteiger partial charge in [-0.1, -0.05) is 0 Å². The summed E-state index contributed by atoms with van der Waals surface area (Å²) < 4.78 is 9.49. The van der Waals surface area contributed by atoms with Gasteiger partial charge in [-0.25, -0.2) is 9.59 Å². The largest absolute Gasteiger partial charge is 0.467 e. The lowest BCUT2D eigenvalue weighted by Gasteiger charge is -2.29. The fraction of sp³-hybridized carbons (Fsp3) is 0.818. The Hall–Kier alpha value is -1.30. The molecule has 0 radical (unpaired) electrons. The molecule has 0 aromatic rings. The van der Waals surface area contributed by atoms with Crippen LogP contribution < -0.4 is 5.32 Å². The van der Waals surface area contributed by atoms with Gasteiger partial charge in [0.25, 0.3) is 0 Å². The van der Waals surface area contributed by atoms with Crippen LogP contribution in [0.1, 0.15) is 34.6 Å². The number of aliphatic hydroxyl groups is 1. The van der Waals surface area contributed by atoms with Crippen molar-refractivity contribution < 1.29 is 24.2 Å². The molecule has 0 fully saturated rings. The van der Waals surface area contributed by atoms with Crippen LogP contribution in [0.4, 0.5) is 4.79 Å². The topological polar surface area (TPSA) is 84.9 Å². The van der Waals surface area contributed by atoms with E-state index in [1.54, 1.807) is 20.8 Å². The number of carbonyl (C=O) groups excluding carboxylic acids is 2. The van der Waals surface area contributed by atoms with Crippen LogP contribution >= 0.6 is 0 Å². The van der Waals surface area contributed by atoms with E-state index in [1.807, 2.05) is 0 Å². The monoisotopic (exact) mass is 247 g/mol. The number of carbonyl (C=O) groups is 2. The van der Waals surface area contributed by atoms with E-state index in [1.165, 1.54) is 21.0 Å². The summed E-state index contributed by atoms with van der Waals surface area (Å²) >= 11 is 0. The number of methoxy groups -OCH3 is 1. The number of hydrogen-bond acceptors (Lipinski definition) is 5. The maximum Gasteiger partial charge on any atom is 0.408 e. The lowest BCUT2D eigenvalue weighted by molar-refractivity contribution is -0.149. The molecule has 6 heteroatoms. The average molecular weight is 247 g/mol. The predicted molar refractivity (Wildman–Crippen MR) is 61.5 cm³/mol. The lowest BCUT2D eigenvalue weighted by atomic mass is 9.99. The Morgan fingerprint density at radius 2 is 1.65 bits per heavy atom. The molecule has 0 spiro atoms. The minimum Gasteiger partial charge on any atom is -0.467 e. The summed E-state index contributed by atoms with van der Waals surface area (Å²) in [6.07, 6.45) is -0.782. The molecule has 0 saturated carbocycles. The number of ether oxygens (including phenoxy) is 2. The summed E-state index contributed by atoms with van der Waals surface area (Å²) in [5, 5.41) is 12.0. The van der Waals surface area contributed by atoms with Crippen molar-refractivity contribution in [3.63, 3.8) is 0 Å². The van der Waals surface area contributed by atoms with E-state index in [9.17, 15) is 14.7 Å². The van der Waals surface area contributed by atoms with Crippen LogP contribution in [0.5, 0.6) is 0 Å². The highest BCUT2D eigenvalue weighted by Crippen LogP contribution is 2.12. The van der Waals surface area contributed by atoms with Gasteiger partial charge >= 0.3 is 12.1 Å². The van der Waals surface area contributed by atoms with Crippen molar-refractivity contribution in [1.29, 1.82) is 0 Å². The number of alkyl carbamates (subject to hydrolysis) is 1. The number of nitrogens with one attached hydrogen (secondary N) is 1. The predicted octanol–water partition coefficient (Wildman–Crippen LogP) is 0.824. The minimum atomic E-state index is -1.44.